The van der Waals surface area contributed by atoms with Crippen LogP contribution in [-0.4, -0.2) is 25.4 Å². The highest BCUT2D eigenvalue weighted by Crippen LogP contribution is 2.26. The lowest BCUT2D eigenvalue weighted by molar-refractivity contribution is -0.747. The summed E-state index contributed by atoms with van der Waals surface area (Å²) in [6.07, 6.45) is 3.83. The van der Waals surface area contributed by atoms with E-state index in [4.69, 9.17) is 15.8 Å². The largest absolute Gasteiger partial charge is 0.365 e. The number of hydrogen-bond acceptors (Lipinski definition) is 5. The number of nitrogens with one attached hydrogen (secondary N) is 1. The topological polar surface area (TPSA) is 102 Å². The van der Waals surface area contributed by atoms with Gasteiger partial charge >= 0.3 is 0 Å². The number of imidazole rings is 1. The highest BCUT2D eigenvalue weighted by atomic mass is 16.1. The van der Waals surface area contributed by atoms with Crippen LogP contribution in [0.15, 0.2) is 48.7 Å². The van der Waals surface area contributed by atoms with Gasteiger partial charge in [0.05, 0.1) is 11.3 Å². The number of primary amides is 1. The number of nitrogens with two attached hydrogens (primary N) is 1. The van der Waals surface area contributed by atoms with Crippen molar-refractivity contribution in [3.63, 3.8) is 0 Å². The molecule has 0 saturated heterocycles. The third-order valence-corrected chi connectivity index (χ3v) is 5.41. The molecule has 0 fully saturated rings. The van der Waals surface area contributed by atoms with Crippen LogP contribution in [0.25, 0.3) is 17.2 Å². The fourth-order valence-corrected chi connectivity index (χ4v) is 3.98. The molecule has 0 radical (unpaired) electrons. The van der Waals surface area contributed by atoms with Crippen molar-refractivity contribution in [2.24, 2.45) is 5.73 Å². The lowest BCUT2D eigenvalue weighted by Gasteiger charge is -2.08. The molecule has 0 bridgehead atoms. The second-order valence-electron chi connectivity index (χ2n) is 7.42. The summed E-state index contributed by atoms with van der Waals surface area (Å²) in [7, 11) is 0. The van der Waals surface area contributed by atoms with Gasteiger partial charge in [0.1, 0.15) is 11.3 Å². The molecule has 4 heterocycles. The average Bonchev–Trinajstić information content (AvgIpc) is 3.35. The SMILES string of the molecule is Cc1nc2c(C(N)=O)cccn2c1-c1nc(NCc2ccccc2)c2[n+](n1)CCC2. The van der Waals surface area contributed by atoms with E-state index in [9.17, 15) is 4.79 Å². The van der Waals surface area contributed by atoms with Crippen LogP contribution in [0.1, 0.15) is 33.7 Å². The van der Waals surface area contributed by atoms with Crippen molar-refractivity contribution in [1.82, 2.24) is 19.5 Å². The fraction of sp³-hybridized carbons (Fsp3) is 0.227. The van der Waals surface area contributed by atoms with Crippen LogP contribution in [0, 0.1) is 6.92 Å². The number of amides is 1. The number of anilines is 1. The number of carbonyl (C=O) groups is 1. The predicted molar refractivity (Wildman–Crippen MR) is 112 cm³/mol. The lowest BCUT2D eigenvalue weighted by atomic mass is 10.2. The monoisotopic (exact) mass is 400 g/mol. The Kier molecular flexibility index (Phi) is 4.39. The van der Waals surface area contributed by atoms with Gasteiger partial charge in [-0.15, -0.1) is 0 Å². The average molecular weight is 400 g/mol. The van der Waals surface area contributed by atoms with Crippen LogP contribution in [0.2, 0.25) is 0 Å². The number of nitrogens with zero attached hydrogens (tertiary/aromatic N) is 5. The van der Waals surface area contributed by atoms with E-state index >= 15 is 0 Å². The van der Waals surface area contributed by atoms with Gasteiger partial charge in [-0.05, 0) is 24.6 Å². The number of aryl methyl sites for hydroxylation is 2. The van der Waals surface area contributed by atoms with Crippen molar-refractivity contribution in [2.45, 2.75) is 32.9 Å². The normalized spacial score (nSPS) is 12.8. The summed E-state index contributed by atoms with van der Waals surface area (Å²) in [5.74, 6) is 0.899. The number of carbonyl (C=O) groups excluding carboxylic acids is 1. The van der Waals surface area contributed by atoms with Gasteiger partial charge in [0.2, 0.25) is 5.82 Å². The molecule has 1 amide bonds. The minimum absolute atomic E-state index is 0.378. The molecule has 1 aromatic carbocycles. The minimum atomic E-state index is -0.508. The van der Waals surface area contributed by atoms with E-state index in [1.165, 1.54) is 5.56 Å². The van der Waals surface area contributed by atoms with E-state index < -0.39 is 5.91 Å². The van der Waals surface area contributed by atoms with Crippen LogP contribution >= 0.6 is 0 Å². The molecule has 0 saturated carbocycles. The Morgan fingerprint density at radius 1 is 1.20 bits per heavy atom. The standard InChI is InChI=1S/C22H21N7O/c1-14-18(28-11-5-9-16(19(23)30)22(28)25-14)21-26-20(17-10-6-12-29(17)27-21)24-13-15-7-3-2-4-8-15/h2-5,7-9,11H,6,10,12-13H2,1H3,(H2-,23,24,26,27,30)/p+1. The molecule has 0 unspecified atom stereocenters. The van der Waals surface area contributed by atoms with Gasteiger partial charge in [0, 0.05) is 30.7 Å². The van der Waals surface area contributed by atoms with Gasteiger partial charge in [0.15, 0.2) is 12.4 Å². The maximum Gasteiger partial charge on any atom is 0.252 e. The number of rotatable bonds is 5. The molecule has 8 heteroatoms. The van der Waals surface area contributed by atoms with Gasteiger partial charge in [-0.3, -0.25) is 9.20 Å². The molecule has 1 aliphatic heterocycles. The van der Waals surface area contributed by atoms with Gasteiger partial charge < -0.3 is 11.1 Å². The molecule has 0 spiro atoms. The van der Waals surface area contributed by atoms with Crippen LogP contribution < -0.4 is 15.7 Å². The summed E-state index contributed by atoms with van der Waals surface area (Å²) in [5, 5.41) is 8.27. The van der Waals surface area contributed by atoms with Crippen LogP contribution in [0.4, 0.5) is 5.82 Å². The molecular formula is C22H22N7O+. The van der Waals surface area contributed by atoms with E-state index in [0.29, 0.717) is 23.6 Å². The maximum absolute atomic E-state index is 11.8. The molecule has 4 aromatic rings. The molecule has 0 aliphatic carbocycles. The minimum Gasteiger partial charge on any atom is -0.365 e. The first-order valence-electron chi connectivity index (χ1n) is 9.98. The molecule has 0 atom stereocenters. The van der Waals surface area contributed by atoms with Crippen LogP contribution in [-0.2, 0) is 19.5 Å². The second kappa shape index (κ2) is 7.22. The number of pyridine rings is 1. The number of aromatic nitrogens is 5. The fourth-order valence-electron chi connectivity index (χ4n) is 3.98. The van der Waals surface area contributed by atoms with Crippen LogP contribution in [0.3, 0.4) is 0 Å². The van der Waals surface area contributed by atoms with Gasteiger partial charge in [-0.1, -0.05) is 35.0 Å². The zero-order chi connectivity index (χ0) is 20.7. The first-order valence-corrected chi connectivity index (χ1v) is 9.98. The summed E-state index contributed by atoms with van der Waals surface area (Å²) in [4.78, 5) is 21.3. The maximum atomic E-state index is 11.8. The Labute approximate surface area is 173 Å². The van der Waals surface area contributed by atoms with Crippen molar-refractivity contribution < 1.29 is 9.48 Å². The van der Waals surface area contributed by atoms with Crippen molar-refractivity contribution in [1.29, 1.82) is 0 Å². The quantitative estimate of drug-likeness (QED) is 0.499. The lowest BCUT2D eigenvalue weighted by Crippen LogP contribution is -2.39. The Balaban J connectivity index is 1.61. The molecule has 150 valence electrons. The Bertz CT molecular complexity index is 1260. The van der Waals surface area contributed by atoms with E-state index in [1.807, 2.05) is 40.4 Å². The number of hydrogen-bond donors (Lipinski definition) is 2. The van der Waals surface area contributed by atoms with Crippen molar-refractivity contribution in [3.05, 3.63) is 71.2 Å². The van der Waals surface area contributed by atoms with Crippen LogP contribution in [0.5, 0.6) is 0 Å². The van der Waals surface area contributed by atoms with Crippen molar-refractivity contribution in [3.8, 4) is 11.5 Å². The number of fused-ring (bicyclic) bond motifs is 2. The summed E-state index contributed by atoms with van der Waals surface area (Å²) >= 11 is 0. The number of benzene rings is 1. The molecular weight excluding hydrogens is 378 g/mol. The summed E-state index contributed by atoms with van der Waals surface area (Å²) in [5.41, 5.74) is 10.2. The van der Waals surface area contributed by atoms with E-state index in [-0.39, 0.29) is 0 Å². The Morgan fingerprint density at radius 3 is 2.83 bits per heavy atom. The molecule has 8 nitrogen and oxygen atoms in total. The molecule has 3 N–H and O–H groups in total. The highest BCUT2D eigenvalue weighted by molar-refractivity contribution is 5.99. The molecule has 5 rings (SSSR count). The predicted octanol–water partition coefficient (Wildman–Crippen LogP) is 2.04. The van der Waals surface area contributed by atoms with Gasteiger partial charge in [-0.2, -0.15) is 4.98 Å². The smallest absolute Gasteiger partial charge is 0.252 e. The highest BCUT2D eigenvalue weighted by Gasteiger charge is 2.30. The first-order chi connectivity index (χ1) is 14.6. The second-order valence-corrected chi connectivity index (χ2v) is 7.42. The molecule has 30 heavy (non-hydrogen) atoms. The summed E-state index contributed by atoms with van der Waals surface area (Å²) in [6, 6.07) is 13.7. The summed E-state index contributed by atoms with van der Waals surface area (Å²) < 4.78 is 3.86. The van der Waals surface area contributed by atoms with E-state index in [2.05, 4.69) is 22.4 Å². The molecule has 1 aliphatic rings. The van der Waals surface area contributed by atoms with Gasteiger partial charge in [0.25, 0.3) is 11.6 Å². The van der Waals surface area contributed by atoms with E-state index in [1.54, 1.807) is 12.1 Å². The van der Waals surface area contributed by atoms with Crippen molar-refractivity contribution in [2.75, 3.05) is 5.32 Å². The zero-order valence-corrected chi connectivity index (χ0v) is 16.7. The summed E-state index contributed by atoms with van der Waals surface area (Å²) in [6.45, 7) is 3.43. The Hall–Kier alpha value is -3.81. The Morgan fingerprint density at radius 2 is 2.03 bits per heavy atom. The third-order valence-electron chi connectivity index (χ3n) is 5.41. The zero-order valence-electron chi connectivity index (χ0n) is 16.7. The first kappa shape index (κ1) is 18.2. The van der Waals surface area contributed by atoms with Gasteiger partial charge in [-0.25, -0.2) is 4.98 Å². The van der Waals surface area contributed by atoms with E-state index in [0.717, 1.165) is 42.3 Å². The third kappa shape index (κ3) is 3.06. The van der Waals surface area contributed by atoms with Crippen molar-refractivity contribution >= 4 is 17.4 Å². The molecule has 3 aromatic heterocycles.